The number of nitrogens with zero attached hydrogens (tertiary/aromatic N) is 3. The van der Waals surface area contributed by atoms with Crippen LogP contribution in [-0.4, -0.2) is 30.7 Å². The third-order valence-electron chi connectivity index (χ3n) is 7.74. The molecule has 1 fully saturated rings. The Bertz CT molecular complexity index is 1600. The van der Waals surface area contributed by atoms with Crippen molar-refractivity contribution in [1.82, 2.24) is 14.3 Å². The van der Waals surface area contributed by atoms with Crippen molar-refractivity contribution < 1.29 is 24.1 Å². The maximum atomic E-state index is 14.0. The molecular formula is C32H36FN3O5. The van der Waals surface area contributed by atoms with Gasteiger partial charge >= 0.3 is 0 Å². The Morgan fingerprint density at radius 2 is 1.66 bits per heavy atom. The van der Waals surface area contributed by atoms with Gasteiger partial charge in [-0.1, -0.05) is 6.07 Å². The lowest BCUT2D eigenvalue weighted by atomic mass is 9.92. The van der Waals surface area contributed by atoms with Gasteiger partial charge in [0, 0.05) is 36.5 Å². The van der Waals surface area contributed by atoms with Crippen LogP contribution in [0.25, 0.3) is 11.1 Å². The first-order chi connectivity index (χ1) is 19.4. The van der Waals surface area contributed by atoms with Gasteiger partial charge in [0.2, 0.25) is 5.88 Å². The van der Waals surface area contributed by atoms with E-state index >= 15 is 0 Å². The number of hydrogen-bond donors (Lipinski definition) is 2. The van der Waals surface area contributed by atoms with Gasteiger partial charge in [-0.15, -0.1) is 0 Å². The van der Waals surface area contributed by atoms with Crippen molar-refractivity contribution in [2.24, 2.45) is 7.05 Å². The summed E-state index contributed by atoms with van der Waals surface area (Å²) in [6.45, 7) is 6.98. The summed E-state index contributed by atoms with van der Waals surface area (Å²) in [5.74, 6) is 1.25. The zero-order chi connectivity index (χ0) is 29.5. The first-order valence-electron chi connectivity index (χ1n) is 13.8. The molecule has 216 valence electrons. The summed E-state index contributed by atoms with van der Waals surface area (Å²) in [6, 6.07) is 11.4. The topological polar surface area (TPSA) is 98.7 Å². The van der Waals surface area contributed by atoms with Gasteiger partial charge in [0.1, 0.15) is 23.1 Å². The summed E-state index contributed by atoms with van der Waals surface area (Å²) in [5.41, 5.74) is 1.88. The number of aromatic hydroxyl groups is 1. The second kappa shape index (κ2) is 11.0. The third kappa shape index (κ3) is 6.00. The minimum Gasteiger partial charge on any atom is -0.493 e. The number of aliphatic hydroxyl groups is 1. The minimum absolute atomic E-state index is 0.0821. The Kier molecular flexibility index (Phi) is 7.66. The summed E-state index contributed by atoms with van der Waals surface area (Å²) >= 11 is 0. The number of pyridine rings is 1. The maximum Gasteiger partial charge on any atom is 0.254 e. The quantitative estimate of drug-likeness (QED) is 0.275. The van der Waals surface area contributed by atoms with Crippen LogP contribution in [0.1, 0.15) is 62.3 Å². The Balaban J connectivity index is 1.53. The summed E-state index contributed by atoms with van der Waals surface area (Å²) in [4.78, 5) is 12.8. The molecule has 2 aromatic carbocycles. The summed E-state index contributed by atoms with van der Waals surface area (Å²) < 4.78 is 30.0. The normalized spacial score (nSPS) is 17.4. The number of benzene rings is 2. The van der Waals surface area contributed by atoms with Crippen molar-refractivity contribution in [2.75, 3.05) is 0 Å². The van der Waals surface area contributed by atoms with E-state index in [1.807, 2.05) is 6.07 Å². The van der Waals surface area contributed by atoms with E-state index < -0.39 is 5.60 Å². The van der Waals surface area contributed by atoms with E-state index in [1.165, 1.54) is 22.8 Å². The van der Waals surface area contributed by atoms with Crippen molar-refractivity contribution in [1.29, 1.82) is 0 Å². The fourth-order valence-corrected chi connectivity index (χ4v) is 5.47. The molecule has 0 spiro atoms. The lowest BCUT2D eigenvalue weighted by molar-refractivity contribution is 0.0786. The number of halogens is 1. The molecule has 41 heavy (non-hydrogen) atoms. The fraction of sp³-hybridized carbons (Fsp3) is 0.375. The second-order valence-corrected chi connectivity index (χ2v) is 11.4. The number of ether oxygens (including phenoxy) is 2. The molecule has 0 bridgehead atoms. The van der Waals surface area contributed by atoms with E-state index in [0.29, 0.717) is 45.1 Å². The van der Waals surface area contributed by atoms with Gasteiger partial charge in [0.15, 0.2) is 0 Å². The molecule has 5 rings (SSSR count). The second-order valence-electron chi connectivity index (χ2n) is 11.4. The number of aryl methyl sites for hydroxylation is 3. The van der Waals surface area contributed by atoms with Gasteiger partial charge in [-0.05, 0) is 94.3 Å². The minimum atomic E-state index is -1.13. The Morgan fingerprint density at radius 1 is 0.976 bits per heavy atom. The van der Waals surface area contributed by atoms with E-state index in [1.54, 1.807) is 70.0 Å². The van der Waals surface area contributed by atoms with Crippen LogP contribution in [0.3, 0.4) is 0 Å². The highest BCUT2D eigenvalue weighted by molar-refractivity contribution is 5.76. The van der Waals surface area contributed by atoms with Crippen molar-refractivity contribution >= 4 is 0 Å². The predicted molar refractivity (Wildman–Crippen MR) is 154 cm³/mol. The summed E-state index contributed by atoms with van der Waals surface area (Å²) in [7, 11) is 1.67. The predicted octanol–water partition coefficient (Wildman–Crippen LogP) is 6.29. The average Bonchev–Trinajstić information content (AvgIpc) is 3.34. The van der Waals surface area contributed by atoms with E-state index in [2.05, 4.69) is 5.10 Å². The van der Waals surface area contributed by atoms with Gasteiger partial charge < -0.3 is 24.3 Å². The number of hydrogen-bond acceptors (Lipinski definition) is 6. The molecule has 0 unspecified atom stereocenters. The molecule has 2 aromatic heterocycles. The zero-order valence-corrected chi connectivity index (χ0v) is 24.0. The average molecular weight is 562 g/mol. The molecule has 0 radical (unpaired) electrons. The van der Waals surface area contributed by atoms with Crippen LogP contribution in [0.15, 0.2) is 59.7 Å². The van der Waals surface area contributed by atoms with Crippen molar-refractivity contribution in [3.8, 4) is 34.3 Å². The van der Waals surface area contributed by atoms with Crippen molar-refractivity contribution in [3.05, 3.63) is 87.7 Å². The molecule has 1 saturated carbocycles. The van der Waals surface area contributed by atoms with Crippen molar-refractivity contribution in [2.45, 2.75) is 71.1 Å². The molecule has 9 heteroatoms. The lowest BCUT2D eigenvalue weighted by Crippen LogP contribution is -2.27. The first kappa shape index (κ1) is 28.4. The van der Waals surface area contributed by atoms with Crippen LogP contribution in [0.2, 0.25) is 0 Å². The Labute approximate surface area is 238 Å². The standard InChI is InChI=1S/C32H36FN3O5/c1-19-14-22(33)15-20(2)31(19)41-27-11-6-21(32(3,4)39)16-25(27)26-18-35(5)30(38)17-28(26)40-24-9-7-23(8-10-24)36-29(37)12-13-34-36/h6,11-18,23-24,37,39H,7-10H2,1-5H3. The molecular weight excluding hydrogens is 525 g/mol. The molecule has 0 saturated heterocycles. The molecule has 1 aliphatic carbocycles. The van der Waals surface area contributed by atoms with Crippen LogP contribution in [0.4, 0.5) is 4.39 Å². The lowest BCUT2D eigenvalue weighted by Gasteiger charge is -2.30. The Morgan fingerprint density at radius 3 is 2.27 bits per heavy atom. The highest BCUT2D eigenvalue weighted by Gasteiger charge is 2.27. The SMILES string of the molecule is Cc1cc(F)cc(C)c1Oc1ccc(C(C)(C)O)cc1-c1cn(C)c(=O)cc1OC1CCC(n2nccc2O)CC1. The molecule has 4 aromatic rings. The summed E-state index contributed by atoms with van der Waals surface area (Å²) in [6.07, 6.45) is 6.14. The van der Waals surface area contributed by atoms with Gasteiger partial charge in [-0.3, -0.25) is 4.79 Å². The molecule has 2 N–H and O–H groups in total. The number of rotatable bonds is 7. The van der Waals surface area contributed by atoms with Crippen LogP contribution in [0.5, 0.6) is 23.1 Å². The maximum absolute atomic E-state index is 14.0. The summed E-state index contributed by atoms with van der Waals surface area (Å²) in [5, 5.41) is 25.1. The van der Waals surface area contributed by atoms with Gasteiger partial charge in [-0.25, -0.2) is 9.07 Å². The zero-order valence-electron chi connectivity index (χ0n) is 24.0. The van der Waals surface area contributed by atoms with E-state index in [4.69, 9.17) is 9.47 Å². The first-order valence-corrected chi connectivity index (χ1v) is 13.8. The monoisotopic (exact) mass is 561 g/mol. The highest BCUT2D eigenvalue weighted by atomic mass is 19.1. The van der Waals surface area contributed by atoms with E-state index in [9.17, 15) is 19.4 Å². The van der Waals surface area contributed by atoms with Crippen LogP contribution < -0.4 is 15.0 Å². The molecule has 2 heterocycles. The largest absolute Gasteiger partial charge is 0.493 e. The molecule has 1 aliphatic rings. The van der Waals surface area contributed by atoms with Gasteiger partial charge in [0.05, 0.1) is 23.9 Å². The highest BCUT2D eigenvalue weighted by Crippen LogP contribution is 2.42. The van der Waals surface area contributed by atoms with Gasteiger partial charge in [0.25, 0.3) is 5.56 Å². The fourth-order valence-electron chi connectivity index (χ4n) is 5.47. The molecule has 0 amide bonds. The van der Waals surface area contributed by atoms with E-state index in [-0.39, 0.29) is 29.4 Å². The van der Waals surface area contributed by atoms with Crippen LogP contribution in [0, 0.1) is 19.7 Å². The van der Waals surface area contributed by atoms with Gasteiger partial charge in [-0.2, -0.15) is 5.10 Å². The van der Waals surface area contributed by atoms with Crippen LogP contribution in [-0.2, 0) is 12.6 Å². The number of aromatic nitrogens is 3. The molecule has 0 aliphatic heterocycles. The Hall–Kier alpha value is -4.11. The third-order valence-corrected chi connectivity index (χ3v) is 7.74. The van der Waals surface area contributed by atoms with E-state index in [0.717, 1.165) is 25.7 Å². The smallest absolute Gasteiger partial charge is 0.254 e. The molecule has 0 atom stereocenters. The molecule has 8 nitrogen and oxygen atoms in total. The van der Waals surface area contributed by atoms with Crippen LogP contribution >= 0.6 is 0 Å². The van der Waals surface area contributed by atoms with Crippen molar-refractivity contribution in [3.63, 3.8) is 0 Å².